The fourth-order valence-electron chi connectivity index (χ4n) is 2.80. The van der Waals surface area contributed by atoms with Gasteiger partial charge in [0.05, 0.1) is 11.8 Å². The predicted molar refractivity (Wildman–Crippen MR) is 92.0 cm³/mol. The average Bonchev–Trinajstić information content (AvgIpc) is 2.67. The number of carbonyl (C=O) groups is 1. The van der Waals surface area contributed by atoms with Gasteiger partial charge in [-0.25, -0.2) is 0 Å². The fraction of sp³-hybridized carbons (Fsp3) is 0.368. The molecule has 0 heterocycles. The van der Waals surface area contributed by atoms with Gasteiger partial charge in [-0.2, -0.15) is 44.8 Å². The molecule has 0 aliphatic rings. The standard InChI is InChI=1S/C19H13F9N2O/c20-16(21,17(22,23)18(24,25)19(26,27)28)9-11-30(15(31)8-10-29)14-7-3-5-12-4-1-2-6-13(12)14/h1-7H,8-9,11H2. The Kier molecular flexibility index (Phi) is 6.49. The summed E-state index contributed by atoms with van der Waals surface area (Å²) >= 11 is 0. The van der Waals surface area contributed by atoms with Crippen LogP contribution in [0.2, 0.25) is 0 Å². The first-order chi connectivity index (χ1) is 14.2. The van der Waals surface area contributed by atoms with E-state index in [2.05, 4.69) is 0 Å². The van der Waals surface area contributed by atoms with Crippen LogP contribution >= 0.6 is 0 Å². The predicted octanol–water partition coefficient (Wildman–Crippen LogP) is 5.94. The molecule has 0 spiro atoms. The SMILES string of the molecule is N#CCC(=O)N(CCC(F)(F)C(F)(F)C(F)(F)C(F)(F)F)c1cccc2ccccc12. The lowest BCUT2D eigenvalue weighted by Gasteiger charge is -2.34. The molecule has 0 aliphatic carbocycles. The van der Waals surface area contributed by atoms with Crippen molar-refractivity contribution in [2.45, 2.75) is 36.8 Å². The molecule has 0 bridgehead atoms. The molecular formula is C19H13F9N2O. The topological polar surface area (TPSA) is 44.1 Å². The third-order valence-corrected chi connectivity index (χ3v) is 4.45. The van der Waals surface area contributed by atoms with Crippen molar-refractivity contribution in [3.63, 3.8) is 0 Å². The molecule has 0 unspecified atom stereocenters. The van der Waals surface area contributed by atoms with Crippen molar-refractivity contribution < 1.29 is 44.3 Å². The zero-order valence-corrected chi connectivity index (χ0v) is 15.4. The molecule has 0 N–H and O–H groups in total. The van der Waals surface area contributed by atoms with E-state index < -0.39 is 49.2 Å². The molecule has 0 atom stereocenters. The number of hydrogen-bond acceptors (Lipinski definition) is 2. The Morgan fingerprint density at radius 1 is 0.871 bits per heavy atom. The highest BCUT2D eigenvalue weighted by Crippen LogP contribution is 2.54. The molecule has 168 valence electrons. The maximum atomic E-state index is 13.9. The summed E-state index contributed by atoms with van der Waals surface area (Å²) in [5.74, 6) is -20.7. The van der Waals surface area contributed by atoms with E-state index >= 15 is 0 Å². The smallest absolute Gasteiger partial charge is 0.311 e. The number of alkyl halides is 9. The number of hydrogen-bond donors (Lipinski definition) is 0. The molecule has 2 aromatic rings. The van der Waals surface area contributed by atoms with Gasteiger partial charge in [0.15, 0.2) is 0 Å². The number of benzene rings is 2. The Hall–Kier alpha value is -2.97. The van der Waals surface area contributed by atoms with E-state index in [9.17, 15) is 44.3 Å². The Bertz CT molecular complexity index is 991. The van der Waals surface area contributed by atoms with E-state index in [1.165, 1.54) is 30.3 Å². The van der Waals surface area contributed by atoms with Crippen molar-refractivity contribution >= 4 is 22.4 Å². The lowest BCUT2D eigenvalue weighted by atomic mass is 10.00. The van der Waals surface area contributed by atoms with Gasteiger partial charge in [-0.15, -0.1) is 0 Å². The van der Waals surface area contributed by atoms with Gasteiger partial charge in [-0.05, 0) is 11.5 Å². The maximum Gasteiger partial charge on any atom is 0.460 e. The van der Waals surface area contributed by atoms with E-state index in [1.54, 1.807) is 18.2 Å². The van der Waals surface area contributed by atoms with Crippen LogP contribution < -0.4 is 4.90 Å². The maximum absolute atomic E-state index is 13.9. The summed E-state index contributed by atoms with van der Waals surface area (Å²) in [6.07, 6.45) is -10.0. The third kappa shape index (κ3) is 4.40. The van der Waals surface area contributed by atoms with Crippen molar-refractivity contribution in [3.05, 3.63) is 42.5 Å². The normalized spacial score (nSPS) is 13.2. The molecular weight excluding hydrogens is 443 g/mol. The number of fused-ring (bicyclic) bond motifs is 1. The van der Waals surface area contributed by atoms with Gasteiger partial charge in [-0.1, -0.05) is 36.4 Å². The Labute approximate surface area is 169 Å². The first-order valence-corrected chi connectivity index (χ1v) is 8.52. The highest BCUT2D eigenvalue weighted by atomic mass is 19.4. The first-order valence-electron chi connectivity index (χ1n) is 8.52. The second-order valence-electron chi connectivity index (χ2n) is 6.48. The van der Waals surface area contributed by atoms with Crippen LogP contribution in [-0.2, 0) is 4.79 Å². The monoisotopic (exact) mass is 456 g/mol. The van der Waals surface area contributed by atoms with E-state index in [4.69, 9.17) is 5.26 Å². The van der Waals surface area contributed by atoms with Crippen LogP contribution in [0.4, 0.5) is 45.2 Å². The van der Waals surface area contributed by atoms with Gasteiger partial charge < -0.3 is 4.90 Å². The van der Waals surface area contributed by atoms with E-state index in [1.807, 2.05) is 0 Å². The molecule has 0 fully saturated rings. The molecule has 0 radical (unpaired) electrons. The van der Waals surface area contributed by atoms with Crippen molar-refractivity contribution in [1.29, 1.82) is 5.26 Å². The molecule has 3 nitrogen and oxygen atoms in total. The van der Waals surface area contributed by atoms with Gasteiger partial charge in [-0.3, -0.25) is 4.79 Å². The summed E-state index contributed by atoms with van der Waals surface area (Å²) in [5, 5.41) is 9.49. The number of nitriles is 1. The molecule has 0 aliphatic heterocycles. The Balaban J connectivity index is 2.43. The van der Waals surface area contributed by atoms with Crippen LogP contribution in [0.5, 0.6) is 0 Å². The van der Waals surface area contributed by atoms with Crippen LogP contribution in [0, 0.1) is 11.3 Å². The second-order valence-corrected chi connectivity index (χ2v) is 6.48. The van der Waals surface area contributed by atoms with Gasteiger partial charge in [0.25, 0.3) is 0 Å². The molecule has 2 rings (SSSR count). The number of nitrogens with zero attached hydrogens (tertiary/aromatic N) is 2. The van der Waals surface area contributed by atoms with E-state index in [0.717, 1.165) is 0 Å². The van der Waals surface area contributed by atoms with Gasteiger partial charge >= 0.3 is 23.9 Å². The summed E-state index contributed by atoms with van der Waals surface area (Å²) in [7, 11) is 0. The van der Waals surface area contributed by atoms with Crippen molar-refractivity contribution in [3.8, 4) is 6.07 Å². The molecule has 1 amide bonds. The molecule has 2 aromatic carbocycles. The number of carbonyl (C=O) groups excluding carboxylic acids is 1. The first kappa shape index (κ1) is 24.3. The van der Waals surface area contributed by atoms with Gasteiger partial charge in [0.2, 0.25) is 5.91 Å². The fourth-order valence-corrected chi connectivity index (χ4v) is 2.80. The summed E-state index contributed by atoms with van der Waals surface area (Å²) in [6.45, 7) is -1.34. The highest BCUT2D eigenvalue weighted by molar-refractivity contribution is 6.04. The van der Waals surface area contributed by atoms with Crippen molar-refractivity contribution in [2.24, 2.45) is 0 Å². The molecule has 0 aromatic heterocycles. The van der Waals surface area contributed by atoms with Gasteiger partial charge in [0, 0.05) is 18.4 Å². The summed E-state index contributed by atoms with van der Waals surface area (Å²) < 4.78 is 118. The van der Waals surface area contributed by atoms with E-state index in [0.29, 0.717) is 10.3 Å². The molecule has 0 saturated heterocycles. The average molecular weight is 456 g/mol. The summed E-state index contributed by atoms with van der Waals surface area (Å²) in [5.41, 5.74) is -0.0972. The third-order valence-electron chi connectivity index (χ3n) is 4.45. The molecule has 12 heteroatoms. The van der Waals surface area contributed by atoms with Crippen LogP contribution in [0.25, 0.3) is 10.8 Å². The molecule has 0 saturated carbocycles. The van der Waals surface area contributed by atoms with Crippen molar-refractivity contribution in [1.82, 2.24) is 0 Å². The lowest BCUT2D eigenvalue weighted by Crippen LogP contribution is -2.61. The zero-order chi connectivity index (χ0) is 23.7. The minimum atomic E-state index is -7.01. The number of rotatable bonds is 7. The number of amides is 1. The lowest BCUT2D eigenvalue weighted by molar-refractivity contribution is -0.396. The zero-order valence-electron chi connectivity index (χ0n) is 15.4. The number of anilines is 1. The Morgan fingerprint density at radius 3 is 2.03 bits per heavy atom. The summed E-state index contributed by atoms with van der Waals surface area (Å²) in [6, 6.07) is 11.7. The second kappa shape index (κ2) is 8.28. The highest BCUT2D eigenvalue weighted by Gasteiger charge is 2.81. The minimum absolute atomic E-state index is 0.0972. The minimum Gasteiger partial charge on any atom is -0.311 e. The van der Waals surface area contributed by atoms with Crippen LogP contribution in [-0.4, -0.2) is 36.4 Å². The van der Waals surface area contributed by atoms with Crippen LogP contribution in [0.3, 0.4) is 0 Å². The van der Waals surface area contributed by atoms with Crippen molar-refractivity contribution in [2.75, 3.05) is 11.4 Å². The quantitative estimate of drug-likeness (QED) is 0.484. The van der Waals surface area contributed by atoms with E-state index in [-0.39, 0.29) is 11.1 Å². The Morgan fingerprint density at radius 2 is 1.45 bits per heavy atom. The summed E-state index contributed by atoms with van der Waals surface area (Å²) in [4.78, 5) is 12.7. The largest absolute Gasteiger partial charge is 0.460 e. The van der Waals surface area contributed by atoms with Gasteiger partial charge in [0.1, 0.15) is 6.42 Å². The molecule has 31 heavy (non-hydrogen) atoms. The van der Waals surface area contributed by atoms with Crippen LogP contribution in [0.15, 0.2) is 42.5 Å². The number of halogens is 9. The van der Waals surface area contributed by atoms with Crippen LogP contribution in [0.1, 0.15) is 12.8 Å².